The smallest absolute Gasteiger partial charge is 0.414 e. The van der Waals surface area contributed by atoms with Crippen LogP contribution in [0.15, 0.2) is 42.5 Å². The number of anilines is 1. The van der Waals surface area contributed by atoms with E-state index in [2.05, 4.69) is 0 Å². The van der Waals surface area contributed by atoms with Crippen molar-refractivity contribution in [3.8, 4) is 0 Å². The van der Waals surface area contributed by atoms with Crippen LogP contribution in [0.4, 0.5) is 10.5 Å². The number of ketones is 1. The third kappa shape index (κ3) is 3.32. The van der Waals surface area contributed by atoms with Gasteiger partial charge in [0.05, 0.1) is 5.69 Å². The van der Waals surface area contributed by atoms with Gasteiger partial charge in [-0.05, 0) is 43.0 Å². The van der Waals surface area contributed by atoms with E-state index in [1.165, 1.54) is 0 Å². The van der Waals surface area contributed by atoms with Crippen molar-refractivity contribution in [2.45, 2.75) is 33.3 Å². The Kier molecular flexibility index (Phi) is 4.65. The molecular formula is C20H21NO3. The molecule has 3 rings (SSSR count). The average molecular weight is 323 g/mol. The van der Waals surface area contributed by atoms with Crippen LogP contribution in [0, 0.1) is 13.8 Å². The molecule has 0 saturated carbocycles. The Morgan fingerprint density at radius 1 is 1.17 bits per heavy atom. The molecule has 1 aliphatic heterocycles. The molecule has 0 unspecified atom stereocenters. The predicted molar refractivity (Wildman–Crippen MR) is 93.5 cm³/mol. The van der Waals surface area contributed by atoms with Crippen molar-refractivity contribution >= 4 is 17.6 Å². The molecule has 1 aliphatic rings. The van der Waals surface area contributed by atoms with Crippen molar-refractivity contribution in [2.24, 2.45) is 0 Å². The molecule has 4 heteroatoms. The molecule has 2 aromatic rings. The summed E-state index contributed by atoms with van der Waals surface area (Å²) in [5.74, 6) is 0.0927. The van der Waals surface area contributed by atoms with Crippen LogP contribution in [-0.2, 0) is 11.3 Å². The van der Waals surface area contributed by atoms with Gasteiger partial charge in [-0.2, -0.15) is 0 Å². The third-order valence-corrected chi connectivity index (χ3v) is 4.23. The molecule has 24 heavy (non-hydrogen) atoms. The van der Waals surface area contributed by atoms with Crippen molar-refractivity contribution in [1.82, 2.24) is 0 Å². The predicted octanol–water partition coefficient (Wildman–Crippen LogP) is 4.42. The number of nitrogens with zero attached hydrogens (tertiary/aromatic N) is 1. The first-order chi connectivity index (χ1) is 11.6. The molecule has 124 valence electrons. The molecule has 0 aromatic heterocycles. The van der Waals surface area contributed by atoms with Gasteiger partial charge < -0.3 is 4.74 Å². The summed E-state index contributed by atoms with van der Waals surface area (Å²) in [7, 11) is 0. The van der Waals surface area contributed by atoms with E-state index >= 15 is 0 Å². The van der Waals surface area contributed by atoms with Crippen LogP contribution in [0.5, 0.6) is 0 Å². The Morgan fingerprint density at radius 3 is 2.67 bits per heavy atom. The fourth-order valence-electron chi connectivity index (χ4n) is 3.15. The van der Waals surface area contributed by atoms with Gasteiger partial charge in [0.1, 0.15) is 6.61 Å². The summed E-state index contributed by atoms with van der Waals surface area (Å²) < 4.78 is 5.48. The zero-order valence-electron chi connectivity index (χ0n) is 14.0. The summed E-state index contributed by atoms with van der Waals surface area (Å²) in [6.07, 6.45) is 0.701. The fraction of sp³-hybridized carbons (Fsp3) is 0.300. The molecule has 2 aromatic carbocycles. The second-order valence-electron chi connectivity index (χ2n) is 6.20. The number of Topliss-reactive ketones (excluding diaryl/α,β-unsaturated/α-hetero) is 1. The van der Waals surface area contributed by atoms with Crippen LogP contribution in [-0.4, -0.2) is 18.4 Å². The number of rotatable bonds is 2. The summed E-state index contributed by atoms with van der Waals surface area (Å²) in [5.41, 5.74) is 4.22. The van der Waals surface area contributed by atoms with E-state index in [1.807, 2.05) is 56.3 Å². The summed E-state index contributed by atoms with van der Waals surface area (Å²) >= 11 is 0. The quantitative estimate of drug-likeness (QED) is 0.821. The molecule has 0 atom stereocenters. The number of benzene rings is 2. The van der Waals surface area contributed by atoms with Gasteiger partial charge in [-0.1, -0.05) is 36.4 Å². The minimum atomic E-state index is -0.401. The second kappa shape index (κ2) is 6.87. The molecule has 0 spiro atoms. The summed E-state index contributed by atoms with van der Waals surface area (Å²) in [4.78, 5) is 26.6. The highest BCUT2D eigenvalue weighted by atomic mass is 16.6. The van der Waals surface area contributed by atoms with Crippen LogP contribution < -0.4 is 4.90 Å². The standard InChI is InChI=1S/C20H21NO3/c1-14-11-15(2)19-17(12-14)18(22)9-6-10-21(19)20(23)24-13-16-7-4-3-5-8-16/h3-5,7-8,11-12H,6,9-10,13H2,1-2H3. The molecule has 4 nitrogen and oxygen atoms in total. The fourth-order valence-corrected chi connectivity index (χ4v) is 3.15. The van der Waals surface area contributed by atoms with Gasteiger partial charge in [-0.25, -0.2) is 4.79 Å². The number of amides is 1. The molecule has 0 bridgehead atoms. The number of ether oxygens (including phenoxy) is 1. The first kappa shape index (κ1) is 16.2. The Morgan fingerprint density at radius 2 is 1.92 bits per heavy atom. The van der Waals surface area contributed by atoms with Crippen LogP contribution in [0.25, 0.3) is 0 Å². The van der Waals surface area contributed by atoms with Crippen LogP contribution in [0.2, 0.25) is 0 Å². The Balaban J connectivity index is 1.86. The summed E-state index contributed by atoms with van der Waals surface area (Å²) in [5, 5.41) is 0. The van der Waals surface area contributed by atoms with Crippen molar-refractivity contribution in [1.29, 1.82) is 0 Å². The van der Waals surface area contributed by atoms with Crippen molar-refractivity contribution < 1.29 is 14.3 Å². The average Bonchev–Trinajstić information content (AvgIpc) is 2.73. The minimum absolute atomic E-state index is 0.0927. The highest BCUT2D eigenvalue weighted by Gasteiger charge is 2.28. The maximum Gasteiger partial charge on any atom is 0.414 e. The van der Waals surface area contributed by atoms with Crippen LogP contribution in [0.1, 0.15) is 39.9 Å². The molecule has 0 aliphatic carbocycles. The molecular weight excluding hydrogens is 302 g/mol. The lowest BCUT2D eigenvalue weighted by Gasteiger charge is -2.24. The first-order valence-corrected chi connectivity index (χ1v) is 8.19. The molecule has 0 saturated heterocycles. The van der Waals surface area contributed by atoms with E-state index in [0.29, 0.717) is 30.6 Å². The van der Waals surface area contributed by atoms with E-state index in [1.54, 1.807) is 4.90 Å². The Labute approximate surface area is 142 Å². The van der Waals surface area contributed by atoms with Crippen molar-refractivity contribution in [3.63, 3.8) is 0 Å². The first-order valence-electron chi connectivity index (χ1n) is 8.19. The zero-order valence-corrected chi connectivity index (χ0v) is 14.0. The largest absolute Gasteiger partial charge is 0.444 e. The van der Waals surface area contributed by atoms with Gasteiger partial charge in [0.2, 0.25) is 0 Å². The Hall–Kier alpha value is -2.62. The third-order valence-electron chi connectivity index (χ3n) is 4.23. The number of aryl methyl sites for hydroxylation is 2. The lowest BCUT2D eigenvalue weighted by atomic mass is 10.00. The normalized spacial score (nSPS) is 14.1. The maximum absolute atomic E-state index is 12.6. The van der Waals surface area contributed by atoms with E-state index in [9.17, 15) is 9.59 Å². The summed E-state index contributed by atoms with van der Waals surface area (Å²) in [6.45, 7) is 4.62. The number of carbonyl (C=O) groups is 2. The van der Waals surface area contributed by atoms with E-state index in [-0.39, 0.29) is 12.4 Å². The number of fused-ring (bicyclic) bond motifs is 1. The van der Waals surface area contributed by atoms with E-state index in [0.717, 1.165) is 16.7 Å². The van der Waals surface area contributed by atoms with Gasteiger partial charge in [-0.3, -0.25) is 9.69 Å². The number of hydrogen-bond acceptors (Lipinski definition) is 3. The van der Waals surface area contributed by atoms with Gasteiger partial charge in [0.25, 0.3) is 0 Å². The number of hydrogen-bond donors (Lipinski definition) is 0. The molecule has 0 fully saturated rings. The highest BCUT2D eigenvalue weighted by Crippen LogP contribution is 2.31. The summed E-state index contributed by atoms with van der Waals surface area (Å²) in [6, 6.07) is 13.5. The lowest BCUT2D eigenvalue weighted by molar-refractivity contribution is 0.0983. The zero-order chi connectivity index (χ0) is 17.1. The van der Waals surface area contributed by atoms with Crippen molar-refractivity contribution in [3.05, 3.63) is 64.7 Å². The maximum atomic E-state index is 12.6. The minimum Gasteiger partial charge on any atom is -0.444 e. The SMILES string of the molecule is Cc1cc(C)c2c(c1)C(=O)CCCN2C(=O)OCc1ccccc1. The van der Waals surface area contributed by atoms with E-state index < -0.39 is 6.09 Å². The number of carbonyl (C=O) groups excluding carboxylic acids is 2. The second-order valence-corrected chi connectivity index (χ2v) is 6.20. The molecule has 1 heterocycles. The Bertz CT molecular complexity index is 768. The van der Waals surface area contributed by atoms with Crippen molar-refractivity contribution in [2.75, 3.05) is 11.4 Å². The van der Waals surface area contributed by atoms with Crippen LogP contribution >= 0.6 is 0 Å². The van der Waals surface area contributed by atoms with Gasteiger partial charge in [-0.15, -0.1) is 0 Å². The lowest BCUT2D eigenvalue weighted by Crippen LogP contribution is -2.33. The van der Waals surface area contributed by atoms with Crippen LogP contribution in [0.3, 0.4) is 0 Å². The van der Waals surface area contributed by atoms with E-state index in [4.69, 9.17) is 4.74 Å². The highest BCUT2D eigenvalue weighted by molar-refractivity contribution is 6.06. The van der Waals surface area contributed by atoms with Gasteiger partial charge in [0, 0.05) is 18.5 Å². The molecule has 1 amide bonds. The monoisotopic (exact) mass is 323 g/mol. The van der Waals surface area contributed by atoms with Gasteiger partial charge in [0.15, 0.2) is 5.78 Å². The molecule has 0 N–H and O–H groups in total. The topological polar surface area (TPSA) is 46.6 Å². The van der Waals surface area contributed by atoms with Gasteiger partial charge >= 0.3 is 6.09 Å². The molecule has 0 radical (unpaired) electrons.